The van der Waals surface area contributed by atoms with Crippen molar-refractivity contribution in [3.8, 4) is 0 Å². The summed E-state index contributed by atoms with van der Waals surface area (Å²) in [5, 5.41) is 2.67. The van der Waals surface area contributed by atoms with Gasteiger partial charge in [-0.05, 0) is 36.3 Å². The molecule has 0 saturated carbocycles. The third-order valence-electron chi connectivity index (χ3n) is 4.00. The van der Waals surface area contributed by atoms with E-state index in [1.165, 1.54) is 10.6 Å². The van der Waals surface area contributed by atoms with E-state index in [0.29, 0.717) is 19.6 Å². The Balaban J connectivity index is 1.82. The lowest BCUT2D eigenvalue weighted by Crippen LogP contribution is -2.41. The van der Waals surface area contributed by atoms with Crippen LogP contribution in [0.4, 0.5) is 0 Å². The molecule has 1 fully saturated rings. The third kappa shape index (κ3) is 3.04. The molecular formula is C14H18N2O3S2. The van der Waals surface area contributed by atoms with Gasteiger partial charge in [-0.2, -0.15) is 0 Å². The molecule has 1 aliphatic heterocycles. The zero-order valence-electron chi connectivity index (χ0n) is 11.9. The van der Waals surface area contributed by atoms with Crippen molar-refractivity contribution < 1.29 is 8.42 Å². The van der Waals surface area contributed by atoms with Gasteiger partial charge in [-0.25, -0.2) is 12.7 Å². The van der Waals surface area contributed by atoms with E-state index in [4.69, 9.17) is 0 Å². The molecular weight excluding hydrogens is 308 g/mol. The molecule has 0 aromatic carbocycles. The van der Waals surface area contributed by atoms with Gasteiger partial charge in [0.2, 0.25) is 10.0 Å². The number of sulfonamides is 1. The lowest BCUT2D eigenvalue weighted by molar-refractivity contribution is 0.245. The quantitative estimate of drug-likeness (QED) is 0.863. The first-order chi connectivity index (χ1) is 9.95. The van der Waals surface area contributed by atoms with E-state index >= 15 is 0 Å². The molecule has 0 radical (unpaired) electrons. The summed E-state index contributed by atoms with van der Waals surface area (Å²) >= 11 is 1.56. The SMILES string of the molecule is CS(=O)(=O)N1CCCC(Cn2ccc3sccc3c2=O)C1. The van der Waals surface area contributed by atoms with Crippen LogP contribution in [0.2, 0.25) is 0 Å². The summed E-state index contributed by atoms with van der Waals surface area (Å²) in [7, 11) is -3.14. The number of nitrogens with zero attached hydrogens (tertiary/aromatic N) is 2. The first kappa shape index (κ1) is 14.7. The van der Waals surface area contributed by atoms with Crippen molar-refractivity contribution in [2.24, 2.45) is 5.92 Å². The fourth-order valence-electron chi connectivity index (χ4n) is 2.91. The Kier molecular flexibility index (Phi) is 3.90. The zero-order chi connectivity index (χ0) is 15.0. The summed E-state index contributed by atoms with van der Waals surface area (Å²) in [5.41, 5.74) is 0.0187. The molecule has 0 N–H and O–H groups in total. The monoisotopic (exact) mass is 326 g/mol. The second-order valence-corrected chi connectivity index (χ2v) is 8.53. The molecule has 7 heteroatoms. The average molecular weight is 326 g/mol. The molecule has 0 spiro atoms. The summed E-state index contributed by atoms with van der Waals surface area (Å²) in [6, 6.07) is 3.81. The van der Waals surface area contributed by atoms with Crippen molar-refractivity contribution in [1.29, 1.82) is 0 Å². The molecule has 0 amide bonds. The molecule has 5 nitrogen and oxygen atoms in total. The van der Waals surface area contributed by atoms with E-state index < -0.39 is 10.0 Å². The number of aromatic nitrogens is 1. The van der Waals surface area contributed by atoms with E-state index in [1.54, 1.807) is 15.9 Å². The van der Waals surface area contributed by atoms with Gasteiger partial charge in [0.1, 0.15) is 0 Å². The van der Waals surface area contributed by atoms with Crippen molar-refractivity contribution in [2.75, 3.05) is 19.3 Å². The van der Waals surface area contributed by atoms with E-state index in [0.717, 1.165) is 22.9 Å². The Morgan fingerprint density at radius 3 is 2.95 bits per heavy atom. The fourth-order valence-corrected chi connectivity index (χ4v) is 4.62. The highest BCUT2D eigenvalue weighted by Crippen LogP contribution is 2.21. The number of fused-ring (bicyclic) bond motifs is 1. The highest BCUT2D eigenvalue weighted by Gasteiger charge is 2.26. The lowest BCUT2D eigenvalue weighted by Gasteiger charge is -2.31. The van der Waals surface area contributed by atoms with Gasteiger partial charge in [-0.1, -0.05) is 0 Å². The third-order valence-corrected chi connectivity index (χ3v) is 6.15. The van der Waals surface area contributed by atoms with Crippen LogP contribution in [-0.2, 0) is 16.6 Å². The number of piperidine rings is 1. The van der Waals surface area contributed by atoms with Crippen LogP contribution in [0, 0.1) is 5.92 Å². The molecule has 1 saturated heterocycles. The highest BCUT2D eigenvalue weighted by atomic mass is 32.2. The van der Waals surface area contributed by atoms with Crippen molar-refractivity contribution in [3.05, 3.63) is 34.1 Å². The number of hydrogen-bond acceptors (Lipinski definition) is 4. The van der Waals surface area contributed by atoms with E-state index in [1.807, 2.05) is 23.7 Å². The van der Waals surface area contributed by atoms with Crippen molar-refractivity contribution in [3.63, 3.8) is 0 Å². The predicted octanol–water partition coefficient (Wildman–Crippen LogP) is 1.73. The average Bonchev–Trinajstić information content (AvgIpc) is 2.91. The van der Waals surface area contributed by atoms with Crippen molar-refractivity contribution in [2.45, 2.75) is 19.4 Å². The smallest absolute Gasteiger partial charge is 0.259 e. The minimum absolute atomic E-state index is 0.0187. The molecule has 3 heterocycles. The summed E-state index contributed by atoms with van der Waals surface area (Å²) in [4.78, 5) is 12.4. The molecule has 1 unspecified atom stereocenters. The van der Waals surface area contributed by atoms with Gasteiger partial charge in [0.25, 0.3) is 5.56 Å². The summed E-state index contributed by atoms with van der Waals surface area (Å²) in [6.07, 6.45) is 4.88. The van der Waals surface area contributed by atoms with Crippen LogP contribution in [0.3, 0.4) is 0 Å². The van der Waals surface area contributed by atoms with Gasteiger partial charge in [0.15, 0.2) is 0 Å². The summed E-state index contributed by atoms with van der Waals surface area (Å²) in [6.45, 7) is 1.68. The minimum atomic E-state index is -3.14. The molecule has 2 aromatic rings. The first-order valence-corrected chi connectivity index (χ1v) is 9.70. The maximum absolute atomic E-state index is 12.4. The molecule has 3 rings (SSSR count). The van der Waals surface area contributed by atoms with Crippen LogP contribution in [0.15, 0.2) is 28.5 Å². The molecule has 1 atom stereocenters. The Morgan fingerprint density at radius 1 is 1.38 bits per heavy atom. The Labute approximate surface area is 127 Å². The lowest BCUT2D eigenvalue weighted by atomic mass is 9.99. The van der Waals surface area contributed by atoms with Crippen molar-refractivity contribution in [1.82, 2.24) is 8.87 Å². The molecule has 0 bridgehead atoms. The van der Waals surface area contributed by atoms with Gasteiger partial charge in [-0.3, -0.25) is 4.79 Å². The molecule has 21 heavy (non-hydrogen) atoms. The zero-order valence-corrected chi connectivity index (χ0v) is 13.5. The number of hydrogen-bond donors (Lipinski definition) is 0. The maximum Gasteiger partial charge on any atom is 0.259 e. The van der Waals surface area contributed by atoms with Crippen LogP contribution in [0.25, 0.3) is 10.1 Å². The van der Waals surface area contributed by atoms with Crippen LogP contribution >= 0.6 is 11.3 Å². The number of rotatable bonds is 3. The van der Waals surface area contributed by atoms with Crippen LogP contribution in [-0.4, -0.2) is 36.6 Å². The van der Waals surface area contributed by atoms with Gasteiger partial charge < -0.3 is 4.57 Å². The van der Waals surface area contributed by atoms with Crippen LogP contribution in [0.5, 0.6) is 0 Å². The second-order valence-electron chi connectivity index (χ2n) is 5.60. The standard InChI is InChI=1S/C14H18N2O3S2/c1-21(18,19)16-6-2-3-11(10-16)9-15-7-4-13-12(14(15)17)5-8-20-13/h4-5,7-8,11H,2-3,6,9-10H2,1H3. The minimum Gasteiger partial charge on any atom is -0.315 e. The van der Waals surface area contributed by atoms with E-state index in [9.17, 15) is 13.2 Å². The largest absolute Gasteiger partial charge is 0.315 e. The van der Waals surface area contributed by atoms with Gasteiger partial charge >= 0.3 is 0 Å². The highest BCUT2D eigenvalue weighted by molar-refractivity contribution is 7.88. The van der Waals surface area contributed by atoms with Crippen LogP contribution < -0.4 is 5.56 Å². The molecule has 1 aliphatic rings. The number of pyridine rings is 1. The van der Waals surface area contributed by atoms with E-state index in [2.05, 4.69) is 0 Å². The first-order valence-electron chi connectivity index (χ1n) is 6.97. The molecule has 114 valence electrons. The predicted molar refractivity (Wildman–Crippen MR) is 85.2 cm³/mol. The number of thiophene rings is 1. The summed E-state index contributed by atoms with van der Waals surface area (Å²) in [5.74, 6) is 0.197. The molecule has 2 aromatic heterocycles. The van der Waals surface area contributed by atoms with Crippen LogP contribution in [0.1, 0.15) is 12.8 Å². The van der Waals surface area contributed by atoms with Gasteiger partial charge in [-0.15, -0.1) is 11.3 Å². The van der Waals surface area contributed by atoms with Gasteiger partial charge in [0, 0.05) is 30.5 Å². The fraction of sp³-hybridized carbons (Fsp3) is 0.500. The van der Waals surface area contributed by atoms with Crippen molar-refractivity contribution >= 4 is 31.4 Å². The second kappa shape index (κ2) is 5.55. The summed E-state index contributed by atoms with van der Waals surface area (Å²) < 4.78 is 27.5. The topological polar surface area (TPSA) is 59.4 Å². The normalized spacial score (nSPS) is 20.9. The molecule has 0 aliphatic carbocycles. The van der Waals surface area contributed by atoms with Gasteiger partial charge in [0.05, 0.1) is 11.6 Å². The Bertz CT molecular complexity index is 807. The Morgan fingerprint density at radius 2 is 2.19 bits per heavy atom. The van der Waals surface area contributed by atoms with E-state index in [-0.39, 0.29) is 11.5 Å². The maximum atomic E-state index is 12.4. The Hall–Kier alpha value is -1.18.